The maximum absolute atomic E-state index is 12.8. The summed E-state index contributed by atoms with van der Waals surface area (Å²) in [4.78, 5) is 21.5. The molecule has 0 bridgehead atoms. The van der Waals surface area contributed by atoms with Crippen molar-refractivity contribution in [2.75, 3.05) is 59.6 Å². The van der Waals surface area contributed by atoms with Crippen molar-refractivity contribution >= 4 is 11.9 Å². The first-order valence-corrected chi connectivity index (χ1v) is 11.2. The zero-order valence-electron chi connectivity index (χ0n) is 18.0. The second-order valence-electron chi connectivity index (χ2n) is 8.38. The van der Waals surface area contributed by atoms with Crippen LogP contribution in [-0.2, 0) is 14.3 Å². The highest BCUT2D eigenvalue weighted by molar-refractivity contribution is 5.81. The number of rotatable bonds is 4. The van der Waals surface area contributed by atoms with Gasteiger partial charge in [-0.3, -0.25) is 9.79 Å². The first-order chi connectivity index (χ1) is 14.8. The molecule has 3 aliphatic rings. The second kappa shape index (κ2) is 10.3. The van der Waals surface area contributed by atoms with E-state index in [1.807, 2.05) is 18.0 Å². The maximum atomic E-state index is 12.8. The van der Waals surface area contributed by atoms with Crippen molar-refractivity contribution in [3.05, 3.63) is 35.9 Å². The summed E-state index contributed by atoms with van der Waals surface area (Å²) in [6.45, 7) is 6.17. The van der Waals surface area contributed by atoms with Gasteiger partial charge in [-0.2, -0.15) is 0 Å². The number of nitrogens with zero attached hydrogens (tertiary/aromatic N) is 3. The van der Waals surface area contributed by atoms with Crippen LogP contribution in [0.15, 0.2) is 35.3 Å². The molecule has 3 heterocycles. The van der Waals surface area contributed by atoms with Crippen molar-refractivity contribution in [3.8, 4) is 0 Å². The maximum Gasteiger partial charge on any atom is 0.225 e. The number of nitrogens with one attached hydrogen (secondary N) is 1. The van der Waals surface area contributed by atoms with Gasteiger partial charge >= 0.3 is 0 Å². The molecule has 4 rings (SSSR count). The fourth-order valence-corrected chi connectivity index (χ4v) is 4.79. The number of likely N-dealkylation sites (tertiary alicyclic amines) is 1. The van der Waals surface area contributed by atoms with Gasteiger partial charge in [-0.05, 0) is 24.8 Å². The third-order valence-electron chi connectivity index (χ3n) is 6.54. The van der Waals surface area contributed by atoms with Gasteiger partial charge in [-0.1, -0.05) is 30.3 Å². The number of hydrogen-bond acceptors (Lipinski definition) is 4. The molecule has 1 amide bonds. The highest BCUT2D eigenvalue weighted by Crippen LogP contribution is 2.34. The number of carbonyl (C=O) groups is 1. The molecule has 1 aromatic carbocycles. The Morgan fingerprint density at radius 3 is 2.47 bits per heavy atom. The molecule has 0 aromatic heterocycles. The SMILES string of the molecule is CN=C(NCC1CCOC1c1ccccc1)N1CCC(C(=O)N2CCOCC2)CC1. The molecule has 3 aliphatic heterocycles. The largest absolute Gasteiger partial charge is 0.378 e. The van der Waals surface area contributed by atoms with Crippen LogP contribution in [0.2, 0.25) is 0 Å². The van der Waals surface area contributed by atoms with Gasteiger partial charge in [0.1, 0.15) is 0 Å². The fraction of sp³-hybridized carbons (Fsp3) is 0.652. The van der Waals surface area contributed by atoms with E-state index in [9.17, 15) is 4.79 Å². The van der Waals surface area contributed by atoms with Crippen LogP contribution >= 0.6 is 0 Å². The summed E-state index contributed by atoms with van der Waals surface area (Å²) in [5.41, 5.74) is 1.25. The monoisotopic (exact) mass is 414 g/mol. The number of aliphatic imine (C=N–C) groups is 1. The van der Waals surface area contributed by atoms with Crippen LogP contribution < -0.4 is 5.32 Å². The standard InChI is InChI=1S/C23H34N4O3/c1-24-23(25-17-20-9-14-30-21(20)18-5-3-2-4-6-18)27-10-7-19(8-11-27)22(28)26-12-15-29-16-13-26/h2-6,19-21H,7-17H2,1H3,(H,24,25). The van der Waals surface area contributed by atoms with E-state index < -0.39 is 0 Å². The molecule has 164 valence electrons. The quantitative estimate of drug-likeness (QED) is 0.602. The third-order valence-corrected chi connectivity index (χ3v) is 6.54. The van der Waals surface area contributed by atoms with E-state index >= 15 is 0 Å². The summed E-state index contributed by atoms with van der Waals surface area (Å²) < 4.78 is 11.4. The van der Waals surface area contributed by atoms with Crippen LogP contribution in [0.4, 0.5) is 0 Å². The summed E-state index contributed by atoms with van der Waals surface area (Å²) in [7, 11) is 1.84. The van der Waals surface area contributed by atoms with Gasteiger partial charge in [0.25, 0.3) is 0 Å². The first kappa shape index (κ1) is 21.1. The van der Waals surface area contributed by atoms with Gasteiger partial charge in [0.2, 0.25) is 5.91 Å². The summed E-state index contributed by atoms with van der Waals surface area (Å²) in [5.74, 6) is 1.80. The number of morpholine rings is 1. The van der Waals surface area contributed by atoms with Crippen LogP contribution in [-0.4, -0.2) is 81.3 Å². The molecule has 30 heavy (non-hydrogen) atoms. The molecule has 1 aromatic rings. The van der Waals surface area contributed by atoms with E-state index in [0.717, 1.165) is 64.6 Å². The normalized spacial score (nSPS) is 26.1. The van der Waals surface area contributed by atoms with Crippen LogP contribution in [0, 0.1) is 11.8 Å². The van der Waals surface area contributed by atoms with E-state index in [2.05, 4.69) is 39.5 Å². The molecular formula is C23H34N4O3. The minimum absolute atomic E-state index is 0.128. The fourth-order valence-electron chi connectivity index (χ4n) is 4.79. The van der Waals surface area contributed by atoms with E-state index in [1.54, 1.807) is 0 Å². The number of benzene rings is 1. The van der Waals surface area contributed by atoms with E-state index in [4.69, 9.17) is 9.47 Å². The predicted octanol–water partition coefficient (Wildman–Crippen LogP) is 1.91. The number of ether oxygens (including phenoxy) is 2. The first-order valence-electron chi connectivity index (χ1n) is 11.2. The van der Waals surface area contributed by atoms with Crippen molar-refractivity contribution in [2.24, 2.45) is 16.8 Å². The average molecular weight is 415 g/mol. The zero-order chi connectivity index (χ0) is 20.8. The molecule has 2 unspecified atom stereocenters. The minimum Gasteiger partial charge on any atom is -0.378 e. The van der Waals surface area contributed by atoms with Crippen LogP contribution in [0.25, 0.3) is 0 Å². The molecular weight excluding hydrogens is 380 g/mol. The highest BCUT2D eigenvalue weighted by atomic mass is 16.5. The topological polar surface area (TPSA) is 66.4 Å². The molecule has 3 saturated heterocycles. The Morgan fingerprint density at radius 1 is 1.03 bits per heavy atom. The minimum atomic E-state index is 0.128. The Labute approximate surface area is 179 Å². The van der Waals surface area contributed by atoms with Crippen LogP contribution in [0.5, 0.6) is 0 Å². The molecule has 3 fully saturated rings. The molecule has 7 nitrogen and oxygen atoms in total. The second-order valence-corrected chi connectivity index (χ2v) is 8.38. The van der Waals surface area contributed by atoms with Crippen molar-refractivity contribution in [3.63, 3.8) is 0 Å². The molecule has 0 aliphatic carbocycles. The van der Waals surface area contributed by atoms with Crippen LogP contribution in [0.3, 0.4) is 0 Å². The Balaban J connectivity index is 1.26. The summed E-state index contributed by atoms with van der Waals surface area (Å²) >= 11 is 0. The van der Waals surface area contributed by atoms with Gasteiger partial charge in [0.05, 0.1) is 19.3 Å². The van der Waals surface area contributed by atoms with E-state index in [0.29, 0.717) is 25.0 Å². The molecule has 1 N–H and O–H groups in total. The predicted molar refractivity (Wildman–Crippen MR) is 116 cm³/mol. The Bertz CT molecular complexity index is 712. The van der Waals surface area contributed by atoms with Gasteiger partial charge in [-0.15, -0.1) is 0 Å². The Hall–Kier alpha value is -2.12. The number of piperidine rings is 1. The molecule has 7 heteroatoms. The van der Waals surface area contributed by atoms with E-state index in [1.165, 1.54) is 5.56 Å². The summed E-state index contributed by atoms with van der Waals surface area (Å²) in [5, 5.41) is 3.57. The molecule has 0 saturated carbocycles. The highest BCUT2D eigenvalue weighted by Gasteiger charge is 2.32. The van der Waals surface area contributed by atoms with Gasteiger partial charge < -0.3 is 24.6 Å². The summed E-state index contributed by atoms with van der Waals surface area (Å²) in [6, 6.07) is 10.5. The number of carbonyl (C=O) groups excluding carboxylic acids is 1. The number of amides is 1. The lowest BCUT2D eigenvalue weighted by atomic mass is 9.94. The molecule has 0 spiro atoms. The number of guanidine groups is 1. The Morgan fingerprint density at radius 2 is 1.77 bits per heavy atom. The molecule has 0 radical (unpaired) electrons. The van der Waals surface area contributed by atoms with E-state index in [-0.39, 0.29) is 12.0 Å². The summed E-state index contributed by atoms with van der Waals surface area (Å²) in [6.07, 6.45) is 2.97. The van der Waals surface area contributed by atoms with Gasteiger partial charge in [0.15, 0.2) is 5.96 Å². The van der Waals surface area contributed by atoms with Gasteiger partial charge in [-0.25, -0.2) is 0 Å². The lowest BCUT2D eigenvalue weighted by Gasteiger charge is -2.37. The van der Waals surface area contributed by atoms with Crippen molar-refractivity contribution in [2.45, 2.75) is 25.4 Å². The number of hydrogen-bond donors (Lipinski definition) is 1. The Kier molecular flexibility index (Phi) is 7.23. The van der Waals surface area contributed by atoms with Crippen molar-refractivity contribution in [1.82, 2.24) is 15.1 Å². The third kappa shape index (κ3) is 4.95. The smallest absolute Gasteiger partial charge is 0.225 e. The lowest BCUT2D eigenvalue weighted by molar-refractivity contribution is -0.140. The van der Waals surface area contributed by atoms with Crippen molar-refractivity contribution in [1.29, 1.82) is 0 Å². The van der Waals surface area contributed by atoms with Gasteiger partial charge in [0, 0.05) is 58.2 Å². The average Bonchev–Trinajstić information content (AvgIpc) is 3.29. The molecule has 2 atom stereocenters. The lowest BCUT2D eigenvalue weighted by Crippen LogP contribution is -2.50. The van der Waals surface area contributed by atoms with Crippen molar-refractivity contribution < 1.29 is 14.3 Å². The zero-order valence-corrected chi connectivity index (χ0v) is 18.0. The van der Waals surface area contributed by atoms with Crippen LogP contribution in [0.1, 0.15) is 30.9 Å².